The number of benzene rings is 1. The third kappa shape index (κ3) is 4.70. The molecule has 1 N–H and O–H groups in total. The van der Waals surface area contributed by atoms with Crippen molar-refractivity contribution in [2.24, 2.45) is 5.92 Å². The normalized spacial score (nSPS) is 23.1. The molecule has 0 radical (unpaired) electrons. The molecule has 118 valence electrons. The maximum Gasteiger partial charge on any atom is 0.240 e. The van der Waals surface area contributed by atoms with Gasteiger partial charge >= 0.3 is 0 Å². The smallest absolute Gasteiger partial charge is 0.208 e. The van der Waals surface area contributed by atoms with Gasteiger partial charge < -0.3 is 0 Å². The Morgan fingerprint density at radius 1 is 1.14 bits per heavy atom. The third-order valence-corrected chi connectivity index (χ3v) is 6.09. The molecule has 1 aliphatic carbocycles. The summed E-state index contributed by atoms with van der Waals surface area (Å²) in [5, 5.41) is 0. The summed E-state index contributed by atoms with van der Waals surface area (Å²) in [6.07, 6.45) is 6.10. The summed E-state index contributed by atoms with van der Waals surface area (Å²) >= 11 is 5.69. The lowest BCUT2D eigenvalue weighted by atomic mass is 9.85. The van der Waals surface area contributed by atoms with Crippen molar-refractivity contribution in [2.75, 3.05) is 5.88 Å². The molecule has 5 heteroatoms. The first-order valence-corrected chi connectivity index (χ1v) is 9.74. The summed E-state index contributed by atoms with van der Waals surface area (Å²) in [6, 6.07) is 7.10. The van der Waals surface area contributed by atoms with Crippen molar-refractivity contribution in [3.05, 3.63) is 29.8 Å². The van der Waals surface area contributed by atoms with Gasteiger partial charge in [-0.25, -0.2) is 13.1 Å². The van der Waals surface area contributed by atoms with Crippen LogP contribution in [0.15, 0.2) is 29.2 Å². The highest BCUT2D eigenvalue weighted by atomic mass is 35.5. The number of sulfonamides is 1. The molecule has 1 saturated carbocycles. The predicted octanol–water partition coefficient (Wildman–Crippen LogP) is 3.72. The Kier molecular flexibility index (Phi) is 6.08. The first kappa shape index (κ1) is 16.8. The standard InChI is InChI=1S/C16H24ClNO2S/c1-2-13-3-7-15(8-4-13)18-21(19,20)16-9-5-14(6-10-16)11-12-17/h5-6,9-10,13,15,18H,2-4,7-8,11-12H2,1H3. The third-order valence-electron chi connectivity index (χ3n) is 4.36. The average molecular weight is 330 g/mol. The molecule has 0 spiro atoms. The van der Waals surface area contributed by atoms with Gasteiger partial charge in [0.2, 0.25) is 10.0 Å². The maximum absolute atomic E-state index is 12.4. The lowest BCUT2D eigenvalue weighted by molar-refractivity contribution is 0.306. The highest BCUT2D eigenvalue weighted by molar-refractivity contribution is 7.89. The zero-order chi connectivity index (χ0) is 15.3. The SMILES string of the molecule is CCC1CCC(NS(=O)(=O)c2ccc(CCCl)cc2)CC1. The number of hydrogen-bond acceptors (Lipinski definition) is 2. The minimum atomic E-state index is -3.40. The van der Waals surface area contributed by atoms with Crippen molar-refractivity contribution in [2.45, 2.75) is 56.4 Å². The quantitative estimate of drug-likeness (QED) is 0.808. The Labute approximate surface area is 133 Å². The van der Waals surface area contributed by atoms with E-state index in [1.54, 1.807) is 12.1 Å². The lowest BCUT2D eigenvalue weighted by Crippen LogP contribution is -2.37. The molecule has 1 aromatic carbocycles. The number of hydrogen-bond donors (Lipinski definition) is 1. The fourth-order valence-electron chi connectivity index (χ4n) is 2.92. The molecule has 1 fully saturated rings. The monoisotopic (exact) mass is 329 g/mol. The number of rotatable bonds is 6. The van der Waals surface area contributed by atoms with Crippen LogP contribution in [0.5, 0.6) is 0 Å². The second-order valence-corrected chi connectivity index (χ2v) is 7.92. The van der Waals surface area contributed by atoms with Crippen molar-refractivity contribution in [3.63, 3.8) is 0 Å². The van der Waals surface area contributed by atoms with Gasteiger partial charge in [0.25, 0.3) is 0 Å². The van der Waals surface area contributed by atoms with E-state index in [9.17, 15) is 8.42 Å². The summed E-state index contributed by atoms with van der Waals surface area (Å²) in [6.45, 7) is 2.21. The van der Waals surface area contributed by atoms with E-state index in [1.807, 2.05) is 12.1 Å². The zero-order valence-electron chi connectivity index (χ0n) is 12.5. The maximum atomic E-state index is 12.4. The lowest BCUT2D eigenvalue weighted by Gasteiger charge is -2.28. The van der Waals surface area contributed by atoms with E-state index in [0.29, 0.717) is 10.8 Å². The largest absolute Gasteiger partial charge is 0.240 e. The molecule has 2 rings (SSSR count). The zero-order valence-corrected chi connectivity index (χ0v) is 14.1. The highest BCUT2D eigenvalue weighted by Gasteiger charge is 2.24. The van der Waals surface area contributed by atoms with Crippen LogP contribution in [0, 0.1) is 5.92 Å². The van der Waals surface area contributed by atoms with E-state index in [0.717, 1.165) is 43.6 Å². The highest BCUT2D eigenvalue weighted by Crippen LogP contribution is 2.27. The van der Waals surface area contributed by atoms with E-state index in [2.05, 4.69) is 11.6 Å². The van der Waals surface area contributed by atoms with Gasteiger partial charge in [-0.2, -0.15) is 0 Å². The fraction of sp³-hybridized carbons (Fsp3) is 0.625. The second-order valence-electron chi connectivity index (χ2n) is 5.83. The first-order valence-electron chi connectivity index (χ1n) is 7.72. The predicted molar refractivity (Wildman–Crippen MR) is 87.2 cm³/mol. The molecule has 0 aliphatic heterocycles. The van der Waals surface area contributed by atoms with E-state index >= 15 is 0 Å². The molecular weight excluding hydrogens is 306 g/mol. The van der Waals surface area contributed by atoms with E-state index in [4.69, 9.17) is 11.6 Å². The summed E-state index contributed by atoms with van der Waals surface area (Å²) in [7, 11) is -3.40. The molecule has 3 nitrogen and oxygen atoms in total. The van der Waals surface area contributed by atoms with Crippen LogP contribution >= 0.6 is 11.6 Å². The Morgan fingerprint density at radius 2 is 1.76 bits per heavy atom. The summed E-state index contributed by atoms with van der Waals surface area (Å²) < 4.78 is 27.6. The molecule has 0 heterocycles. The van der Waals surface area contributed by atoms with Crippen molar-refractivity contribution >= 4 is 21.6 Å². The number of alkyl halides is 1. The van der Waals surface area contributed by atoms with Crippen molar-refractivity contribution < 1.29 is 8.42 Å². The van der Waals surface area contributed by atoms with E-state index in [1.165, 1.54) is 6.42 Å². The van der Waals surface area contributed by atoms with Gasteiger partial charge in [0, 0.05) is 11.9 Å². The molecule has 0 atom stereocenters. The molecule has 0 saturated heterocycles. The molecule has 0 unspecified atom stereocenters. The minimum Gasteiger partial charge on any atom is -0.208 e. The van der Waals surface area contributed by atoms with Crippen LogP contribution in [0.2, 0.25) is 0 Å². The molecule has 1 aromatic rings. The van der Waals surface area contributed by atoms with Gasteiger partial charge in [-0.3, -0.25) is 0 Å². The van der Waals surface area contributed by atoms with Crippen LogP contribution < -0.4 is 4.72 Å². The molecule has 1 aliphatic rings. The molecular formula is C16H24ClNO2S. The Hall–Kier alpha value is -0.580. The van der Waals surface area contributed by atoms with Gasteiger partial charge in [-0.05, 0) is 55.7 Å². The fourth-order valence-corrected chi connectivity index (χ4v) is 4.44. The van der Waals surface area contributed by atoms with E-state index < -0.39 is 10.0 Å². The van der Waals surface area contributed by atoms with Gasteiger partial charge in [0.1, 0.15) is 0 Å². The Balaban J connectivity index is 1.98. The van der Waals surface area contributed by atoms with Crippen LogP contribution in [0.4, 0.5) is 0 Å². The number of halogens is 1. The number of nitrogens with one attached hydrogen (secondary N) is 1. The molecule has 0 aromatic heterocycles. The van der Waals surface area contributed by atoms with Crippen LogP contribution in [-0.2, 0) is 16.4 Å². The van der Waals surface area contributed by atoms with Crippen molar-refractivity contribution in [1.82, 2.24) is 4.72 Å². The molecule has 0 bridgehead atoms. The van der Waals surface area contributed by atoms with Crippen molar-refractivity contribution in [1.29, 1.82) is 0 Å². The first-order chi connectivity index (χ1) is 10.0. The van der Waals surface area contributed by atoms with Gasteiger partial charge in [0.05, 0.1) is 4.90 Å². The van der Waals surface area contributed by atoms with Crippen LogP contribution in [0.25, 0.3) is 0 Å². The van der Waals surface area contributed by atoms with Gasteiger partial charge in [-0.1, -0.05) is 25.5 Å². The average Bonchev–Trinajstić information content (AvgIpc) is 2.48. The second kappa shape index (κ2) is 7.61. The summed E-state index contributed by atoms with van der Waals surface area (Å²) in [5.41, 5.74) is 1.06. The summed E-state index contributed by atoms with van der Waals surface area (Å²) in [4.78, 5) is 0.346. The summed E-state index contributed by atoms with van der Waals surface area (Å²) in [5.74, 6) is 1.31. The van der Waals surface area contributed by atoms with Crippen LogP contribution in [0.3, 0.4) is 0 Å². The van der Waals surface area contributed by atoms with E-state index in [-0.39, 0.29) is 6.04 Å². The minimum absolute atomic E-state index is 0.0836. The Morgan fingerprint density at radius 3 is 2.29 bits per heavy atom. The van der Waals surface area contributed by atoms with Crippen LogP contribution in [-0.4, -0.2) is 20.3 Å². The van der Waals surface area contributed by atoms with Gasteiger partial charge in [0.15, 0.2) is 0 Å². The Bertz CT molecular complexity index is 534. The topological polar surface area (TPSA) is 46.2 Å². The van der Waals surface area contributed by atoms with Gasteiger partial charge in [-0.15, -0.1) is 11.6 Å². The molecule has 21 heavy (non-hydrogen) atoms. The number of aryl methyl sites for hydroxylation is 1. The van der Waals surface area contributed by atoms with Crippen molar-refractivity contribution in [3.8, 4) is 0 Å². The molecule has 0 amide bonds. The van der Waals surface area contributed by atoms with Crippen LogP contribution in [0.1, 0.15) is 44.6 Å².